The van der Waals surface area contributed by atoms with Gasteiger partial charge >= 0.3 is 0 Å². The van der Waals surface area contributed by atoms with Gasteiger partial charge in [-0.05, 0) is 6.42 Å². The topological polar surface area (TPSA) is 83.5 Å². The first-order valence-electron chi connectivity index (χ1n) is 6.20. The molecule has 1 amide bonds. The summed E-state index contributed by atoms with van der Waals surface area (Å²) in [5, 5.41) is 2.82. The summed E-state index contributed by atoms with van der Waals surface area (Å²) in [5.74, 6) is -0.160. The average molecular weight is 281 g/mol. The van der Waals surface area contributed by atoms with Crippen molar-refractivity contribution in [3.05, 3.63) is 0 Å². The number of nitrogens with zero attached hydrogens (tertiary/aromatic N) is 1. The number of hydrogen-bond acceptors (Lipinski definition) is 3. The van der Waals surface area contributed by atoms with Crippen molar-refractivity contribution in [1.29, 1.82) is 0 Å². The van der Waals surface area contributed by atoms with Crippen LogP contribution in [0.15, 0.2) is 0 Å². The van der Waals surface area contributed by atoms with Crippen molar-refractivity contribution in [1.82, 2.24) is 5.32 Å². The number of amides is 1. The Bertz CT molecular complexity index is 352. The maximum absolute atomic E-state index is 11.2. The van der Waals surface area contributed by atoms with Gasteiger partial charge in [0.05, 0.1) is 39.5 Å². The van der Waals surface area contributed by atoms with E-state index in [1.165, 1.54) is 0 Å². The summed E-state index contributed by atoms with van der Waals surface area (Å²) < 4.78 is 30.4. The van der Waals surface area contributed by atoms with Gasteiger partial charge < -0.3 is 9.80 Å². The maximum Gasteiger partial charge on any atom is 0.265 e. The predicted octanol–water partition coefficient (Wildman–Crippen LogP) is 0.257. The van der Waals surface area contributed by atoms with Crippen LogP contribution >= 0.6 is 0 Å². The number of carbonyl (C=O) groups is 1. The number of quaternary nitrogens is 1. The summed E-state index contributed by atoms with van der Waals surface area (Å²) in [6.45, 7) is 3.91. The Morgan fingerprint density at radius 3 is 2.39 bits per heavy atom. The van der Waals surface area contributed by atoms with Gasteiger partial charge in [0.25, 0.3) is 10.1 Å². The van der Waals surface area contributed by atoms with Crippen LogP contribution in [-0.2, 0) is 14.9 Å². The van der Waals surface area contributed by atoms with E-state index in [2.05, 4.69) is 5.32 Å². The van der Waals surface area contributed by atoms with E-state index in [1.54, 1.807) is 0 Å². The van der Waals surface area contributed by atoms with Gasteiger partial charge in [0, 0.05) is 12.8 Å². The molecule has 7 heteroatoms. The SMILES string of the molecule is CCCC(=O)NCC[N+](C)(C)CCCS(=O)(=O)O. The quantitative estimate of drug-likeness (QED) is 0.469. The number of hydrogen-bond donors (Lipinski definition) is 2. The van der Waals surface area contributed by atoms with Crippen molar-refractivity contribution in [3.63, 3.8) is 0 Å². The second-order valence-electron chi connectivity index (χ2n) is 5.12. The molecule has 0 fully saturated rings. The highest BCUT2D eigenvalue weighted by atomic mass is 32.2. The standard InChI is InChI=1S/C11H24N2O4S/c1-4-6-11(14)12-7-9-13(2,3)8-5-10-18(15,16)17/h4-10H2,1-3H3,(H-,12,14,15,16,17)/p+1. The molecule has 0 rings (SSSR count). The van der Waals surface area contributed by atoms with E-state index in [-0.39, 0.29) is 11.7 Å². The minimum absolute atomic E-state index is 0.0513. The minimum Gasteiger partial charge on any atom is -0.350 e. The number of carbonyl (C=O) groups excluding carboxylic acids is 1. The highest BCUT2D eigenvalue weighted by Gasteiger charge is 2.16. The number of likely N-dealkylation sites (N-methyl/N-ethyl adjacent to an activating group) is 1. The minimum atomic E-state index is -3.87. The second kappa shape index (κ2) is 7.70. The van der Waals surface area contributed by atoms with Crippen LogP contribution < -0.4 is 5.32 Å². The molecule has 0 aliphatic heterocycles. The molecule has 0 saturated heterocycles. The first-order chi connectivity index (χ1) is 8.16. The lowest BCUT2D eigenvalue weighted by atomic mass is 10.3. The van der Waals surface area contributed by atoms with E-state index < -0.39 is 10.1 Å². The summed E-state index contributed by atoms with van der Waals surface area (Å²) in [5.41, 5.74) is 0. The van der Waals surface area contributed by atoms with Gasteiger partial charge in [-0.2, -0.15) is 8.42 Å². The highest BCUT2D eigenvalue weighted by molar-refractivity contribution is 7.85. The Labute approximate surface area is 110 Å². The van der Waals surface area contributed by atoms with E-state index in [9.17, 15) is 13.2 Å². The van der Waals surface area contributed by atoms with Gasteiger partial charge in [-0.3, -0.25) is 9.35 Å². The summed E-state index contributed by atoms with van der Waals surface area (Å²) in [4.78, 5) is 11.2. The fourth-order valence-corrected chi connectivity index (χ4v) is 2.09. The molecule has 0 aliphatic carbocycles. The average Bonchev–Trinajstić information content (AvgIpc) is 2.14. The molecule has 2 N–H and O–H groups in total. The van der Waals surface area contributed by atoms with Gasteiger partial charge in [0.1, 0.15) is 0 Å². The van der Waals surface area contributed by atoms with Crippen LogP contribution in [0, 0.1) is 0 Å². The Balaban J connectivity index is 3.83. The molecule has 0 aromatic rings. The molecule has 0 heterocycles. The summed E-state index contributed by atoms with van der Waals surface area (Å²) in [7, 11) is 0.0689. The van der Waals surface area contributed by atoms with Crippen molar-refractivity contribution in [3.8, 4) is 0 Å². The van der Waals surface area contributed by atoms with E-state index >= 15 is 0 Å². The number of nitrogens with one attached hydrogen (secondary N) is 1. The molecule has 0 atom stereocenters. The first-order valence-corrected chi connectivity index (χ1v) is 7.81. The zero-order valence-corrected chi connectivity index (χ0v) is 12.3. The molecule has 18 heavy (non-hydrogen) atoms. The number of rotatable bonds is 9. The first kappa shape index (κ1) is 17.3. The summed E-state index contributed by atoms with van der Waals surface area (Å²) >= 11 is 0. The third kappa shape index (κ3) is 10.5. The Morgan fingerprint density at radius 1 is 1.28 bits per heavy atom. The Kier molecular flexibility index (Phi) is 7.42. The monoisotopic (exact) mass is 281 g/mol. The van der Waals surface area contributed by atoms with Crippen LogP contribution in [-0.4, -0.2) is 62.8 Å². The second-order valence-corrected chi connectivity index (χ2v) is 6.69. The molecular formula is C11H25N2O4S+. The van der Waals surface area contributed by atoms with Crippen molar-refractivity contribution in [2.24, 2.45) is 0 Å². The molecule has 6 nitrogen and oxygen atoms in total. The lowest BCUT2D eigenvalue weighted by Gasteiger charge is -2.29. The lowest BCUT2D eigenvalue weighted by molar-refractivity contribution is -0.889. The fraction of sp³-hybridized carbons (Fsp3) is 0.909. The summed E-state index contributed by atoms with van der Waals surface area (Å²) in [6, 6.07) is 0. The van der Waals surface area contributed by atoms with Crippen molar-refractivity contribution in [2.45, 2.75) is 26.2 Å². The van der Waals surface area contributed by atoms with Gasteiger partial charge in [-0.1, -0.05) is 6.92 Å². The van der Waals surface area contributed by atoms with Crippen LogP contribution in [0.4, 0.5) is 0 Å². The van der Waals surface area contributed by atoms with Crippen LogP contribution in [0.3, 0.4) is 0 Å². The maximum atomic E-state index is 11.2. The van der Waals surface area contributed by atoms with Crippen LogP contribution in [0.5, 0.6) is 0 Å². The van der Waals surface area contributed by atoms with Crippen molar-refractivity contribution in [2.75, 3.05) is 39.5 Å². The molecule has 0 radical (unpaired) electrons. The Hall–Kier alpha value is -0.660. The summed E-state index contributed by atoms with van der Waals surface area (Å²) in [6.07, 6.45) is 1.78. The zero-order chi connectivity index (χ0) is 14.2. The largest absolute Gasteiger partial charge is 0.350 e. The Morgan fingerprint density at radius 2 is 1.89 bits per heavy atom. The van der Waals surface area contributed by atoms with Crippen LogP contribution in [0.1, 0.15) is 26.2 Å². The molecule has 0 aliphatic rings. The molecule has 0 aromatic heterocycles. The molecule has 0 unspecified atom stereocenters. The van der Waals surface area contributed by atoms with Crippen molar-refractivity contribution < 1.29 is 22.2 Å². The smallest absolute Gasteiger partial charge is 0.265 e. The van der Waals surface area contributed by atoms with Crippen LogP contribution in [0.25, 0.3) is 0 Å². The van der Waals surface area contributed by atoms with Crippen molar-refractivity contribution >= 4 is 16.0 Å². The van der Waals surface area contributed by atoms with E-state index in [1.807, 2.05) is 21.0 Å². The fourth-order valence-electron chi connectivity index (χ4n) is 1.60. The van der Waals surface area contributed by atoms with Gasteiger partial charge in [-0.15, -0.1) is 0 Å². The van der Waals surface area contributed by atoms with Gasteiger partial charge in [0.2, 0.25) is 5.91 Å². The van der Waals surface area contributed by atoms with E-state index in [0.29, 0.717) is 30.4 Å². The third-order valence-electron chi connectivity index (χ3n) is 2.68. The molecule has 0 saturated carbocycles. The van der Waals surface area contributed by atoms with Gasteiger partial charge in [0.15, 0.2) is 0 Å². The molecule has 108 valence electrons. The van der Waals surface area contributed by atoms with E-state index in [0.717, 1.165) is 13.0 Å². The van der Waals surface area contributed by atoms with Gasteiger partial charge in [-0.25, -0.2) is 0 Å². The highest BCUT2D eigenvalue weighted by Crippen LogP contribution is 2.00. The normalized spacial score (nSPS) is 12.4. The lowest BCUT2D eigenvalue weighted by Crippen LogP contribution is -2.46. The molecule has 0 aromatic carbocycles. The molecule has 0 spiro atoms. The predicted molar refractivity (Wildman–Crippen MR) is 70.8 cm³/mol. The van der Waals surface area contributed by atoms with Crippen LogP contribution in [0.2, 0.25) is 0 Å². The zero-order valence-electron chi connectivity index (χ0n) is 11.5. The molecular weight excluding hydrogens is 256 g/mol. The molecule has 0 bridgehead atoms. The third-order valence-corrected chi connectivity index (χ3v) is 3.49. The van der Waals surface area contributed by atoms with E-state index in [4.69, 9.17) is 4.55 Å².